The number of carbonyl (C=O) groups is 1. The molecule has 2 aromatic carbocycles. The van der Waals surface area contributed by atoms with Gasteiger partial charge in [-0.25, -0.2) is 0 Å². The molecule has 2 aromatic rings. The number of ether oxygens (including phenoxy) is 3. The van der Waals surface area contributed by atoms with E-state index >= 15 is 0 Å². The zero-order valence-electron chi connectivity index (χ0n) is 13.8. The summed E-state index contributed by atoms with van der Waals surface area (Å²) in [5, 5.41) is 2.89. The van der Waals surface area contributed by atoms with E-state index in [0.717, 1.165) is 5.75 Å². The first-order valence-corrected chi connectivity index (χ1v) is 8.06. The smallest absolute Gasteiger partial charge is 0.255 e. The monoisotopic (exact) mass is 327 g/mol. The number of carbonyl (C=O) groups excluding carboxylic acids is 1. The third kappa shape index (κ3) is 3.79. The largest absolute Gasteiger partial charge is 0.490 e. The minimum absolute atomic E-state index is 0.00512. The van der Waals surface area contributed by atoms with Crippen molar-refractivity contribution in [2.75, 3.05) is 13.2 Å². The van der Waals surface area contributed by atoms with Crippen LogP contribution in [0.15, 0.2) is 48.5 Å². The molecule has 0 aromatic heterocycles. The van der Waals surface area contributed by atoms with Crippen LogP contribution in [-0.2, 0) is 0 Å². The van der Waals surface area contributed by atoms with Gasteiger partial charge in [0.25, 0.3) is 5.91 Å². The van der Waals surface area contributed by atoms with Crippen molar-refractivity contribution in [3.05, 3.63) is 54.1 Å². The molecule has 0 saturated carbocycles. The summed E-state index contributed by atoms with van der Waals surface area (Å²) in [6, 6.07) is 14.7. The molecule has 1 amide bonds. The van der Waals surface area contributed by atoms with Crippen molar-refractivity contribution >= 4 is 5.91 Å². The molecule has 1 aliphatic heterocycles. The van der Waals surface area contributed by atoms with Gasteiger partial charge >= 0.3 is 0 Å². The van der Waals surface area contributed by atoms with Crippen molar-refractivity contribution in [1.82, 2.24) is 5.32 Å². The molecular weight excluding hydrogens is 306 g/mol. The molecule has 1 N–H and O–H groups in total. The van der Waals surface area contributed by atoms with Gasteiger partial charge in [-0.05, 0) is 38.1 Å². The van der Waals surface area contributed by atoms with Crippen LogP contribution in [0.2, 0.25) is 0 Å². The maximum Gasteiger partial charge on any atom is 0.255 e. The lowest BCUT2D eigenvalue weighted by atomic mass is 10.2. The summed E-state index contributed by atoms with van der Waals surface area (Å²) in [6.45, 7) is 4.63. The predicted molar refractivity (Wildman–Crippen MR) is 90.9 cm³/mol. The van der Waals surface area contributed by atoms with Gasteiger partial charge in [-0.3, -0.25) is 4.79 Å². The molecule has 126 valence electrons. The molecule has 0 radical (unpaired) electrons. The summed E-state index contributed by atoms with van der Waals surface area (Å²) in [5.41, 5.74) is 0.517. The van der Waals surface area contributed by atoms with Gasteiger partial charge in [0, 0.05) is 0 Å². The fraction of sp³-hybridized carbons (Fsp3) is 0.316. The Kier molecular flexibility index (Phi) is 4.89. The highest BCUT2D eigenvalue weighted by Crippen LogP contribution is 2.30. The molecule has 5 heteroatoms. The van der Waals surface area contributed by atoms with E-state index in [-0.39, 0.29) is 18.1 Å². The highest BCUT2D eigenvalue weighted by atomic mass is 16.6. The van der Waals surface area contributed by atoms with Crippen molar-refractivity contribution in [2.24, 2.45) is 0 Å². The van der Waals surface area contributed by atoms with Crippen LogP contribution in [0.3, 0.4) is 0 Å². The lowest BCUT2D eigenvalue weighted by Crippen LogP contribution is -2.40. The zero-order chi connectivity index (χ0) is 16.9. The fourth-order valence-electron chi connectivity index (χ4n) is 2.48. The first-order valence-electron chi connectivity index (χ1n) is 8.06. The van der Waals surface area contributed by atoms with Crippen LogP contribution >= 0.6 is 0 Å². The van der Waals surface area contributed by atoms with Gasteiger partial charge in [-0.2, -0.15) is 0 Å². The van der Waals surface area contributed by atoms with E-state index in [2.05, 4.69) is 5.32 Å². The summed E-state index contributed by atoms with van der Waals surface area (Å²) >= 11 is 0. The van der Waals surface area contributed by atoms with Gasteiger partial charge in [-0.1, -0.05) is 24.3 Å². The molecular formula is C19H21NO4. The van der Waals surface area contributed by atoms with Crippen LogP contribution in [0.25, 0.3) is 0 Å². The number of hydrogen-bond donors (Lipinski definition) is 1. The number of hydrogen-bond acceptors (Lipinski definition) is 4. The average molecular weight is 327 g/mol. The van der Waals surface area contributed by atoms with Crippen molar-refractivity contribution in [2.45, 2.75) is 26.1 Å². The minimum atomic E-state index is -0.220. The third-order valence-corrected chi connectivity index (χ3v) is 3.55. The average Bonchev–Trinajstić information content (AvgIpc) is 2.59. The fourth-order valence-corrected chi connectivity index (χ4v) is 2.48. The first kappa shape index (κ1) is 16.2. The van der Waals surface area contributed by atoms with Gasteiger partial charge in [0.1, 0.15) is 18.5 Å². The quantitative estimate of drug-likeness (QED) is 0.917. The van der Waals surface area contributed by atoms with Crippen LogP contribution in [-0.4, -0.2) is 31.3 Å². The van der Waals surface area contributed by atoms with Crippen LogP contribution < -0.4 is 19.5 Å². The van der Waals surface area contributed by atoms with E-state index in [1.165, 1.54) is 0 Å². The number of rotatable bonds is 5. The van der Waals surface area contributed by atoms with Crippen LogP contribution in [0.5, 0.6) is 17.2 Å². The maximum atomic E-state index is 12.4. The molecule has 1 unspecified atom stereocenters. The first-order chi connectivity index (χ1) is 11.6. The number of benzene rings is 2. The molecule has 1 heterocycles. The van der Waals surface area contributed by atoms with Gasteiger partial charge in [0.05, 0.1) is 18.2 Å². The molecule has 0 bridgehead atoms. The second kappa shape index (κ2) is 7.25. The Morgan fingerprint density at radius 3 is 2.67 bits per heavy atom. The molecule has 3 rings (SSSR count). The van der Waals surface area contributed by atoms with Gasteiger partial charge in [0.2, 0.25) is 0 Å². The normalized spacial score (nSPS) is 15.9. The summed E-state index contributed by atoms with van der Waals surface area (Å²) in [5.74, 6) is 1.83. The SMILES string of the molecule is CC(C)Oc1ccccc1C(=O)NCC1COc2ccccc2O1. The van der Waals surface area contributed by atoms with Gasteiger partial charge in [0.15, 0.2) is 11.5 Å². The molecule has 1 aliphatic rings. The number of nitrogens with one attached hydrogen (secondary N) is 1. The van der Waals surface area contributed by atoms with Crippen molar-refractivity contribution in [3.63, 3.8) is 0 Å². The summed E-state index contributed by atoms with van der Waals surface area (Å²) < 4.78 is 17.2. The second-order valence-electron chi connectivity index (χ2n) is 5.87. The standard InChI is InChI=1S/C19H21NO4/c1-13(2)23-16-8-4-3-7-15(16)19(21)20-11-14-12-22-17-9-5-6-10-18(17)24-14/h3-10,13-14H,11-12H2,1-2H3,(H,20,21). The number of amides is 1. The van der Waals surface area contributed by atoms with Crippen molar-refractivity contribution in [1.29, 1.82) is 0 Å². The number of para-hydroxylation sites is 3. The Morgan fingerprint density at radius 1 is 1.17 bits per heavy atom. The van der Waals surface area contributed by atoms with Crippen LogP contribution in [0.1, 0.15) is 24.2 Å². The highest BCUT2D eigenvalue weighted by molar-refractivity contribution is 5.96. The van der Waals surface area contributed by atoms with E-state index in [1.54, 1.807) is 12.1 Å². The van der Waals surface area contributed by atoms with Crippen molar-refractivity contribution in [3.8, 4) is 17.2 Å². The molecule has 0 fully saturated rings. The Morgan fingerprint density at radius 2 is 1.88 bits per heavy atom. The lowest BCUT2D eigenvalue weighted by Gasteiger charge is -2.26. The second-order valence-corrected chi connectivity index (χ2v) is 5.87. The molecule has 0 spiro atoms. The Hall–Kier alpha value is -2.69. The zero-order valence-corrected chi connectivity index (χ0v) is 13.8. The van der Waals surface area contributed by atoms with Crippen molar-refractivity contribution < 1.29 is 19.0 Å². The third-order valence-electron chi connectivity index (χ3n) is 3.55. The molecule has 5 nitrogen and oxygen atoms in total. The topological polar surface area (TPSA) is 56.8 Å². The Balaban J connectivity index is 1.61. The van der Waals surface area contributed by atoms with Gasteiger partial charge < -0.3 is 19.5 Å². The number of fused-ring (bicyclic) bond motifs is 1. The van der Waals surface area contributed by atoms with Crippen LogP contribution in [0, 0.1) is 0 Å². The van der Waals surface area contributed by atoms with E-state index in [1.807, 2.05) is 50.2 Å². The minimum Gasteiger partial charge on any atom is -0.490 e. The molecule has 24 heavy (non-hydrogen) atoms. The summed E-state index contributed by atoms with van der Waals surface area (Å²) in [7, 11) is 0. The summed E-state index contributed by atoms with van der Waals surface area (Å²) in [4.78, 5) is 12.4. The van der Waals surface area contributed by atoms with E-state index in [4.69, 9.17) is 14.2 Å². The molecule has 1 atom stereocenters. The maximum absolute atomic E-state index is 12.4. The molecule has 0 aliphatic carbocycles. The van der Waals surface area contributed by atoms with Gasteiger partial charge in [-0.15, -0.1) is 0 Å². The van der Waals surface area contributed by atoms with E-state index in [0.29, 0.717) is 30.2 Å². The lowest BCUT2D eigenvalue weighted by molar-refractivity contribution is 0.0786. The predicted octanol–water partition coefficient (Wildman–Crippen LogP) is 3.04. The Labute approximate surface area is 141 Å². The molecule has 0 saturated heterocycles. The Bertz CT molecular complexity index is 714. The van der Waals surface area contributed by atoms with E-state index < -0.39 is 0 Å². The van der Waals surface area contributed by atoms with E-state index in [9.17, 15) is 4.79 Å². The van der Waals surface area contributed by atoms with Crippen LogP contribution in [0.4, 0.5) is 0 Å². The highest BCUT2D eigenvalue weighted by Gasteiger charge is 2.22. The summed E-state index contributed by atoms with van der Waals surface area (Å²) in [6.07, 6.45) is -0.215.